The molecule has 0 aromatic heterocycles. The number of hydrogen-bond donors (Lipinski definition) is 4. The Hall–Kier alpha value is -2.57. The van der Waals surface area contributed by atoms with Crippen LogP contribution in [0.25, 0.3) is 0 Å². The zero-order chi connectivity index (χ0) is 15.1. The van der Waals surface area contributed by atoms with E-state index < -0.39 is 30.4 Å². The van der Waals surface area contributed by atoms with E-state index in [9.17, 15) is 14.4 Å². The van der Waals surface area contributed by atoms with Gasteiger partial charge in [0.15, 0.2) is 0 Å². The lowest BCUT2D eigenvalue weighted by Gasteiger charge is -2.13. The molecule has 1 atom stereocenters. The third-order valence-corrected chi connectivity index (χ3v) is 2.56. The molecule has 4 N–H and O–H groups in total. The maximum absolute atomic E-state index is 11.5. The summed E-state index contributed by atoms with van der Waals surface area (Å²) in [5.74, 6) is -2.69. The number of carbonyl (C=O) groups excluding carboxylic acids is 1. The highest BCUT2D eigenvalue weighted by atomic mass is 16.4. The molecule has 7 heteroatoms. The fourth-order valence-corrected chi connectivity index (χ4v) is 1.47. The Morgan fingerprint density at radius 2 is 1.75 bits per heavy atom. The lowest BCUT2D eigenvalue weighted by atomic mass is 10.1. The lowest BCUT2D eigenvalue weighted by Crippen LogP contribution is -2.46. The molecule has 7 nitrogen and oxygen atoms in total. The van der Waals surface area contributed by atoms with E-state index in [0.29, 0.717) is 0 Å². The number of urea groups is 1. The van der Waals surface area contributed by atoms with Crippen molar-refractivity contribution in [3.63, 3.8) is 0 Å². The second-order valence-corrected chi connectivity index (χ2v) is 4.30. The van der Waals surface area contributed by atoms with E-state index in [1.807, 2.05) is 31.2 Å². The molecule has 1 aromatic rings. The molecule has 0 aliphatic rings. The highest BCUT2D eigenvalue weighted by molar-refractivity contribution is 5.86. The van der Waals surface area contributed by atoms with Gasteiger partial charge in [0, 0.05) is 6.54 Å². The van der Waals surface area contributed by atoms with Gasteiger partial charge in [0.25, 0.3) is 0 Å². The minimum Gasteiger partial charge on any atom is -0.481 e. The maximum Gasteiger partial charge on any atom is 0.326 e. The second-order valence-electron chi connectivity index (χ2n) is 4.30. The zero-order valence-corrected chi connectivity index (χ0v) is 10.9. The van der Waals surface area contributed by atoms with Gasteiger partial charge in [-0.25, -0.2) is 9.59 Å². The molecule has 108 valence electrons. The van der Waals surface area contributed by atoms with E-state index in [1.54, 1.807) is 0 Å². The summed E-state index contributed by atoms with van der Waals surface area (Å²) in [6, 6.07) is 5.27. The molecule has 0 fully saturated rings. The molecule has 2 amide bonds. The van der Waals surface area contributed by atoms with Crippen LogP contribution in [0.3, 0.4) is 0 Å². The quantitative estimate of drug-likeness (QED) is 0.613. The molecule has 0 saturated heterocycles. The number of hydrogen-bond acceptors (Lipinski definition) is 3. The van der Waals surface area contributed by atoms with Gasteiger partial charge in [0.2, 0.25) is 0 Å². The van der Waals surface area contributed by atoms with Gasteiger partial charge in [0.1, 0.15) is 6.04 Å². The van der Waals surface area contributed by atoms with Gasteiger partial charge in [0.05, 0.1) is 6.42 Å². The molecule has 0 heterocycles. The van der Waals surface area contributed by atoms with Crippen LogP contribution in [0.2, 0.25) is 0 Å². The summed E-state index contributed by atoms with van der Waals surface area (Å²) in [4.78, 5) is 32.7. The highest BCUT2D eigenvalue weighted by Crippen LogP contribution is 2.02. The van der Waals surface area contributed by atoms with Gasteiger partial charge in [-0.3, -0.25) is 4.79 Å². The third-order valence-electron chi connectivity index (χ3n) is 2.56. The topological polar surface area (TPSA) is 116 Å². The van der Waals surface area contributed by atoms with Crippen LogP contribution in [0, 0.1) is 6.92 Å². The molecule has 0 saturated carbocycles. The number of benzene rings is 1. The maximum atomic E-state index is 11.5. The molecule has 0 spiro atoms. The van der Waals surface area contributed by atoms with E-state index >= 15 is 0 Å². The first-order chi connectivity index (χ1) is 9.38. The van der Waals surface area contributed by atoms with Crippen molar-refractivity contribution >= 4 is 18.0 Å². The Morgan fingerprint density at radius 3 is 2.25 bits per heavy atom. The number of aliphatic carboxylic acids is 2. The number of carboxylic acid groups (broad SMARTS) is 2. The summed E-state index contributed by atoms with van der Waals surface area (Å²) in [5, 5.41) is 21.9. The number of carbonyl (C=O) groups is 3. The number of aryl methyl sites for hydroxylation is 1. The van der Waals surface area contributed by atoms with Gasteiger partial charge in [-0.2, -0.15) is 0 Å². The average Bonchev–Trinajstić information content (AvgIpc) is 2.36. The summed E-state index contributed by atoms with van der Waals surface area (Å²) in [6.07, 6.45) is -0.673. The second kappa shape index (κ2) is 7.13. The molecule has 1 rings (SSSR count). The van der Waals surface area contributed by atoms with Crippen molar-refractivity contribution in [3.05, 3.63) is 35.4 Å². The predicted molar refractivity (Wildman–Crippen MR) is 70.2 cm³/mol. The van der Waals surface area contributed by atoms with Crippen molar-refractivity contribution < 1.29 is 24.6 Å². The van der Waals surface area contributed by atoms with Crippen LogP contribution < -0.4 is 10.6 Å². The lowest BCUT2D eigenvalue weighted by molar-refractivity contribution is -0.145. The number of nitrogens with one attached hydrogen (secondary N) is 2. The Kier molecular flexibility index (Phi) is 5.52. The summed E-state index contributed by atoms with van der Waals surface area (Å²) >= 11 is 0. The van der Waals surface area contributed by atoms with Gasteiger partial charge in [-0.05, 0) is 12.5 Å². The van der Waals surface area contributed by atoms with E-state index in [1.165, 1.54) is 0 Å². The molecule has 0 aliphatic heterocycles. The van der Waals surface area contributed by atoms with Crippen molar-refractivity contribution in [1.82, 2.24) is 10.6 Å². The number of carboxylic acids is 2. The van der Waals surface area contributed by atoms with Gasteiger partial charge >= 0.3 is 18.0 Å². The smallest absolute Gasteiger partial charge is 0.326 e. The van der Waals surface area contributed by atoms with Gasteiger partial charge in [-0.1, -0.05) is 29.8 Å². The number of rotatable bonds is 6. The molecular formula is C13H16N2O5. The third kappa shape index (κ3) is 5.38. The van der Waals surface area contributed by atoms with E-state index in [0.717, 1.165) is 11.1 Å². The monoisotopic (exact) mass is 280 g/mol. The largest absolute Gasteiger partial charge is 0.481 e. The molecule has 0 aliphatic carbocycles. The summed E-state index contributed by atoms with van der Waals surface area (Å²) in [6.45, 7) is 2.17. The Bertz CT molecular complexity index is 498. The molecule has 0 bridgehead atoms. The van der Waals surface area contributed by atoms with Crippen LogP contribution in [0.4, 0.5) is 4.79 Å². The van der Waals surface area contributed by atoms with Crippen molar-refractivity contribution in [2.24, 2.45) is 0 Å². The first kappa shape index (κ1) is 15.5. The normalized spacial score (nSPS) is 11.4. The minimum absolute atomic E-state index is 0.228. The first-order valence-corrected chi connectivity index (χ1v) is 5.93. The average molecular weight is 280 g/mol. The highest BCUT2D eigenvalue weighted by Gasteiger charge is 2.22. The van der Waals surface area contributed by atoms with Crippen molar-refractivity contribution in [1.29, 1.82) is 0 Å². The zero-order valence-electron chi connectivity index (χ0n) is 10.9. The minimum atomic E-state index is -1.45. The number of amides is 2. The summed E-state index contributed by atoms with van der Waals surface area (Å²) in [7, 11) is 0. The fourth-order valence-electron chi connectivity index (χ4n) is 1.47. The molecular weight excluding hydrogens is 264 g/mol. The fraction of sp³-hybridized carbons (Fsp3) is 0.308. The van der Waals surface area contributed by atoms with Crippen LogP contribution in [0.1, 0.15) is 17.5 Å². The predicted octanol–water partition coefficient (Wildman–Crippen LogP) is 0.722. The van der Waals surface area contributed by atoms with Crippen LogP contribution in [-0.4, -0.2) is 34.2 Å². The van der Waals surface area contributed by atoms with Crippen molar-refractivity contribution in [2.45, 2.75) is 25.9 Å². The molecule has 20 heavy (non-hydrogen) atoms. The van der Waals surface area contributed by atoms with Crippen LogP contribution >= 0.6 is 0 Å². The Balaban J connectivity index is 2.47. The van der Waals surface area contributed by atoms with E-state index in [-0.39, 0.29) is 6.54 Å². The van der Waals surface area contributed by atoms with Crippen molar-refractivity contribution in [2.75, 3.05) is 0 Å². The van der Waals surface area contributed by atoms with E-state index in [2.05, 4.69) is 10.6 Å². The Labute approximate surface area is 115 Å². The summed E-state index contributed by atoms with van der Waals surface area (Å²) < 4.78 is 0. The van der Waals surface area contributed by atoms with Gasteiger partial charge < -0.3 is 20.8 Å². The van der Waals surface area contributed by atoms with Crippen LogP contribution in [0.15, 0.2) is 24.3 Å². The van der Waals surface area contributed by atoms with Crippen LogP contribution in [-0.2, 0) is 16.1 Å². The molecule has 1 unspecified atom stereocenters. The van der Waals surface area contributed by atoms with Crippen LogP contribution in [0.5, 0.6) is 0 Å². The van der Waals surface area contributed by atoms with E-state index in [4.69, 9.17) is 10.2 Å². The van der Waals surface area contributed by atoms with Crippen molar-refractivity contribution in [3.8, 4) is 0 Å². The van der Waals surface area contributed by atoms with Gasteiger partial charge in [-0.15, -0.1) is 0 Å². The molecule has 0 radical (unpaired) electrons. The Morgan fingerprint density at radius 1 is 1.15 bits per heavy atom. The first-order valence-electron chi connectivity index (χ1n) is 5.93. The standard InChI is InChI=1S/C13H16N2O5/c1-8-2-4-9(5-3-8)7-14-13(20)15-10(12(18)19)6-11(16)17/h2-5,10H,6-7H2,1H3,(H,16,17)(H,18,19)(H2,14,15,20). The summed E-state index contributed by atoms with van der Waals surface area (Å²) in [5.41, 5.74) is 1.95. The SMILES string of the molecule is Cc1ccc(CNC(=O)NC(CC(=O)O)C(=O)O)cc1. The molecule has 1 aromatic carbocycles.